The predicted octanol–water partition coefficient (Wildman–Crippen LogP) is 4.22. The highest BCUT2D eigenvalue weighted by molar-refractivity contribution is 5.95. The van der Waals surface area contributed by atoms with Crippen LogP contribution < -0.4 is 10.2 Å². The molecule has 33 heavy (non-hydrogen) atoms. The zero-order valence-electron chi connectivity index (χ0n) is 17.6. The van der Waals surface area contributed by atoms with Gasteiger partial charge < -0.3 is 4.74 Å². The van der Waals surface area contributed by atoms with Gasteiger partial charge in [-0.05, 0) is 42.5 Å². The molecule has 3 aromatic carbocycles. The highest BCUT2D eigenvalue weighted by Gasteiger charge is 2.17. The fourth-order valence-corrected chi connectivity index (χ4v) is 3.15. The maximum absolute atomic E-state index is 12.9. The Balaban J connectivity index is 1.62. The number of benzene rings is 3. The number of hydrazone groups is 1. The standard InChI is InChI=1S/C24H19N5O4/c1-33-21-12-10-18(11-13-21)22-15-23(28(27-22)19-7-3-2-4-8-19)24(30)26-25-16-17-6-5-9-20(14-17)29(31)32/h2-16H,1H3,(H,26,30). The number of carbonyl (C=O) groups excluding carboxylic acids is 1. The number of hydrogen-bond donors (Lipinski definition) is 1. The van der Waals surface area contributed by atoms with Gasteiger partial charge in [0.05, 0.1) is 29.6 Å². The van der Waals surface area contributed by atoms with Crippen LogP contribution in [0.25, 0.3) is 16.9 Å². The lowest BCUT2D eigenvalue weighted by Gasteiger charge is -2.06. The van der Waals surface area contributed by atoms with Gasteiger partial charge in [-0.2, -0.15) is 10.2 Å². The molecule has 9 heteroatoms. The van der Waals surface area contributed by atoms with E-state index in [0.717, 1.165) is 11.3 Å². The lowest BCUT2D eigenvalue weighted by atomic mass is 10.1. The van der Waals surface area contributed by atoms with Crippen LogP contribution in [0.2, 0.25) is 0 Å². The van der Waals surface area contributed by atoms with Gasteiger partial charge in [-0.3, -0.25) is 14.9 Å². The number of ether oxygens (including phenoxy) is 1. The number of para-hydroxylation sites is 1. The third kappa shape index (κ3) is 4.93. The molecule has 0 bridgehead atoms. The molecule has 0 saturated heterocycles. The average molecular weight is 441 g/mol. The summed E-state index contributed by atoms with van der Waals surface area (Å²) in [7, 11) is 1.59. The van der Waals surface area contributed by atoms with Gasteiger partial charge in [-0.1, -0.05) is 30.3 Å². The monoisotopic (exact) mass is 441 g/mol. The highest BCUT2D eigenvalue weighted by atomic mass is 16.6. The van der Waals surface area contributed by atoms with Gasteiger partial charge in [0.2, 0.25) is 0 Å². The molecule has 1 amide bonds. The first-order valence-electron chi connectivity index (χ1n) is 9.93. The molecule has 0 aliphatic carbocycles. The predicted molar refractivity (Wildman–Crippen MR) is 124 cm³/mol. The van der Waals surface area contributed by atoms with Gasteiger partial charge in [0, 0.05) is 23.3 Å². The number of aromatic nitrogens is 2. The van der Waals surface area contributed by atoms with Crippen molar-refractivity contribution in [1.29, 1.82) is 0 Å². The molecular weight excluding hydrogens is 422 g/mol. The Hall–Kier alpha value is -4.79. The van der Waals surface area contributed by atoms with Crippen LogP contribution in [-0.2, 0) is 0 Å². The molecule has 4 aromatic rings. The van der Waals surface area contributed by atoms with Gasteiger partial charge in [-0.15, -0.1) is 0 Å². The number of amides is 1. The first kappa shape index (κ1) is 21.4. The Morgan fingerprint density at radius 3 is 2.52 bits per heavy atom. The number of nitro groups is 1. The van der Waals surface area contributed by atoms with Gasteiger partial charge in [0.15, 0.2) is 0 Å². The molecule has 0 atom stereocenters. The van der Waals surface area contributed by atoms with E-state index >= 15 is 0 Å². The summed E-state index contributed by atoms with van der Waals surface area (Å²) in [6.45, 7) is 0. The van der Waals surface area contributed by atoms with Crippen LogP contribution in [0.3, 0.4) is 0 Å². The lowest BCUT2D eigenvalue weighted by Crippen LogP contribution is -2.21. The zero-order valence-corrected chi connectivity index (χ0v) is 17.6. The second-order valence-corrected chi connectivity index (χ2v) is 6.94. The molecule has 1 N–H and O–H groups in total. The SMILES string of the molecule is COc1ccc(-c2cc(C(=O)NN=Cc3cccc([N+](=O)[O-])c3)n(-c3ccccc3)n2)cc1. The first-order valence-corrected chi connectivity index (χ1v) is 9.93. The summed E-state index contributed by atoms with van der Waals surface area (Å²) in [6, 6.07) is 24.2. The first-order chi connectivity index (χ1) is 16.0. The van der Waals surface area contributed by atoms with Crippen LogP contribution in [0.1, 0.15) is 16.1 Å². The summed E-state index contributed by atoms with van der Waals surface area (Å²) < 4.78 is 6.74. The topological polar surface area (TPSA) is 112 Å². The van der Waals surface area contributed by atoms with E-state index in [2.05, 4.69) is 15.6 Å². The smallest absolute Gasteiger partial charge is 0.290 e. The van der Waals surface area contributed by atoms with Crippen molar-refractivity contribution < 1.29 is 14.5 Å². The molecule has 4 rings (SSSR count). The lowest BCUT2D eigenvalue weighted by molar-refractivity contribution is -0.384. The van der Waals surface area contributed by atoms with Crippen molar-refractivity contribution in [3.8, 4) is 22.7 Å². The molecule has 0 saturated carbocycles. The summed E-state index contributed by atoms with van der Waals surface area (Å²) in [5, 5.41) is 19.5. The summed E-state index contributed by atoms with van der Waals surface area (Å²) in [5.41, 5.74) is 5.32. The van der Waals surface area contributed by atoms with E-state index in [-0.39, 0.29) is 11.4 Å². The number of nitrogens with one attached hydrogen (secondary N) is 1. The van der Waals surface area contributed by atoms with E-state index in [9.17, 15) is 14.9 Å². The minimum absolute atomic E-state index is 0.0587. The molecule has 0 unspecified atom stereocenters. The van der Waals surface area contributed by atoms with Gasteiger partial charge >= 0.3 is 0 Å². The third-order valence-electron chi connectivity index (χ3n) is 4.79. The van der Waals surface area contributed by atoms with Gasteiger partial charge in [-0.25, -0.2) is 10.1 Å². The quantitative estimate of drug-likeness (QED) is 0.262. The average Bonchev–Trinajstić information content (AvgIpc) is 3.30. The van der Waals surface area contributed by atoms with Crippen molar-refractivity contribution in [2.45, 2.75) is 0 Å². The summed E-state index contributed by atoms with van der Waals surface area (Å²) in [4.78, 5) is 23.4. The number of carbonyl (C=O) groups is 1. The number of nitro benzene ring substituents is 1. The third-order valence-corrected chi connectivity index (χ3v) is 4.79. The second-order valence-electron chi connectivity index (χ2n) is 6.94. The Kier molecular flexibility index (Phi) is 6.21. The number of nitrogens with zero attached hydrogens (tertiary/aromatic N) is 4. The Morgan fingerprint density at radius 1 is 1.06 bits per heavy atom. The number of methoxy groups -OCH3 is 1. The van der Waals surface area contributed by atoms with E-state index in [1.54, 1.807) is 25.3 Å². The van der Waals surface area contributed by atoms with Gasteiger partial charge in [0.25, 0.3) is 11.6 Å². The summed E-state index contributed by atoms with van der Waals surface area (Å²) >= 11 is 0. The molecular formula is C24H19N5O4. The number of hydrogen-bond acceptors (Lipinski definition) is 6. The molecule has 9 nitrogen and oxygen atoms in total. The van der Waals surface area contributed by atoms with Crippen molar-refractivity contribution >= 4 is 17.8 Å². The fourth-order valence-electron chi connectivity index (χ4n) is 3.15. The number of non-ortho nitro benzene ring substituents is 1. The zero-order chi connectivity index (χ0) is 23.2. The molecule has 0 aliphatic rings. The van der Waals surface area contributed by atoms with Crippen molar-refractivity contribution in [2.24, 2.45) is 5.10 Å². The maximum atomic E-state index is 12.9. The van der Waals surface area contributed by atoms with Crippen molar-refractivity contribution in [3.63, 3.8) is 0 Å². The largest absolute Gasteiger partial charge is 0.497 e. The van der Waals surface area contributed by atoms with E-state index in [0.29, 0.717) is 16.9 Å². The van der Waals surface area contributed by atoms with E-state index in [4.69, 9.17) is 4.74 Å². The molecule has 1 heterocycles. The van der Waals surface area contributed by atoms with Crippen molar-refractivity contribution in [3.05, 3.63) is 106 Å². The molecule has 0 aliphatic heterocycles. The van der Waals surface area contributed by atoms with Crippen LogP contribution in [0, 0.1) is 10.1 Å². The van der Waals surface area contributed by atoms with Crippen LogP contribution in [0.4, 0.5) is 5.69 Å². The molecule has 164 valence electrons. The van der Waals surface area contributed by atoms with Crippen molar-refractivity contribution in [2.75, 3.05) is 7.11 Å². The van der Waals surface area contributed by atoms with E-state index in [1.807, 2.05) is 54.6 Å². The fraction of sp³-hybridized carbons (Fsp3) is 0.0417. The van der Waals surface area contributed by atoms with Crippen LogP contribution in [0.5, 0.6) is 5.75 Å². The van der Waals surface area contributed by atoms with Gasteiger partial charge in [0.1, 0.15) is 11.4 Å². The minimum Gasteiger partial charge on any atom is -0.497 e. The van der Waals surface area contributed by atoms with E-state index < -0.39 is 10.8 Å². The normalized spacial score (nSPS) is 10.8. The highest BCUT2D eigenvalue weighted by Crippen LogP contribution is 2.24. The van der Waals surface area contributed by atoms with Crippen LogP contribution in [0.15, 0.2) is 90.0 Å². The molecule has 0 radical (unpaired) electrons. The molecule has 1 aromatic heterocycles. The Labute approximate surface area is 189 Å². The molecule has 0 spiro atoms. The Bertz CT molecular complexity index is 1310. The van der Waals surface area contributed by atoms with E-state index in [1.165, 1.54) is 23.0 Å². The minimum atomic E-state index is -0.491. The van der Waals surface area contributed by atoms with Crippen LogP contribution >= 0.6 is 0 Å². The molecule has 0 fully saturated rings. The summed E-state index contributed by atoms with van der Waals surface area (Å²) in [6.07, 6.45) is 1.35. The summed E-state index contributed by atoms with van der Waals surface area (Å²) in [5.74, 6) is 0.238. The van der Waals surface area contributed by atoms with Crippen molar-refractivity contribution in [1.82, 2.24) is 15.2 Å². The second kappa shape index (κ2) is 9.56. The number of rotatable bonds is 7. The maximum Gasteiger partial charge on any atom is 0.290 e. The van der Waals surface area contributed by atoms with Crippen LogP contribution in [-0.4, -0.2) is 33.9 Å². The Morgan fingerprint density at radius 2 is 1.82 bits per heavy atom.